The average molecular weight is 352 g/mol. The van der Waals surface area contributed by atoms with Gasteiger partial charge in [0.1, 0.15) is 11.3 Å². The Labute approximate surface area is 149 Å². The number of hydrogen-bond donors (Lipinski definition) is 1. The lowest BCUT2D eigenvalue weighted by Crippen LogP contribution is -2.35. The molecule has 0 unspecified atom stereocenters. The molecule has 2 heterocycles. The van der Waals surface area contributed by atoms with Gasteiger partial charge in [-0.25, -0.2) is 5.01 Å². The number of ether oxygens (including phenoxy) is 3. The standard InChI is InChI=1S/C19H16N2O5/c1-2-24-15-10-17-16(25-11-26-17)9-12(15)8-14-18(22)20-21(19(14)23)13-6-4-3-5-7-13/h3-10H,2,11H2,1H3,(H,20,22)/b14-8+. The molecule has 1 saturated heterocycles. The van der Waals surface area contributed by atoms with Crippen LogP contribution in [0.1, 0.15) is 12.5 Å². The van der Waals surface area contributed by atoms with Crippen molar-refractivity contribution in [3.8, 4) is 17.2 Å². The molecule has 0 atom stereocenters. The summed E-state index contributed by atoms with van der Waals surface area (Å²) < 4.78 is 16.3. The van der Waals surface area contributed by atoms with E-state index in [1.165, 1.54) is 11.1 Å². The Kier molecular flexibility index (Phi) is 3.96. The molecule has 0 bridgehead atoms. The van der Waals surface area contributed by atoms with Crippen molar-refractivity contribution in [1.82, 2.24) is 5.43 Å². The van der Waals surface area contributed by atoms with Crippen LogP contribution in [0.15, 0.2) is 48.0 Å². The summed E-state index contributed by atoms with van der Waals surface area (Å²) in [6, 6.07) is 12.3. The first-order chi connectivity index (χ1) is 12.7. The van der Waals surface area contributed by atoms with Gasteiger partial charge >= 0.3 is 0 Å². The molecule has 0 spiro atoms. The molecule has 0 aliphatic carbocycles. The van der Waals surface area contributed by atoms with E-state index in [1.54, 1.807) is 36.4 Å². The fraction of sp³-hybridized carbons (Fsp3) is 0.158. The first-order valence-electron chi connectivity index (χ1n) is 8.16. The van der Waals surface area contributed by atoms with E-state index in [9.17, 15) is 9.59 Å². The molecule has 1 fully saturated rings. The van der Waals surface area contributed by atoms with Crippen LogP contribution in [0.2, 0.25) is 0 Å². The van der Waals surface area contributed by atoms with Crippen molar-refractivity contribution in [3.63, 3.8) is 0 Å². The molecule has 2 amide bonds. The zero-order valence-corrected chi connectivity index (χ0v) is 14.0. The zero-order valence-electron chi connectivity index (χ0n) is 14.0. The third-order valence-corrected chi connectivity index (χ3v) is 4.01. The van der Waals surface area contributed by atoms with Crippen LogP contribution in [0, 0.1) is 0 Å². The maximum Gasteiger partial charge on any atom is 0.282 e. The minimum Gasteiger partial charge on any atom is -0.493 e. The molecule has 0 saturated carbocycles. The van der Waals surface area contributed by atoms with Gasteiger partial charge in [0.25, 0.3) is 11.8 Å². The topological polar surface area (TPSA) is 77.1 Å². The number of nitrogens with zero attached hydrogens (tertiary/aromatic N) is 1. The second-order valence-electron chi connectivity index (χ2n) is 5.65. The van der Waals surface area contributed by atoms with E-state index in [2.05, 4.69) is 5.43 Å². The molecular weight excluding hydrogens is 336 g/mol. The molecule has 7 heteroatoms. The number of anilines is 1. The quantitative estimate of drug-likeness (QED) is 0.675. The molecular formula is C19H16N2O5. The summed E-state index contributed by atoms with van der Waals surface area (Å²) in [7, 11) is 0. The third kappa shape index (κ3) is 2.73. The monoisotopic (exact) mass is 352 g/mol. The van der Waals surface area contributed by atoms with Gasteiger partial charge in [-0.2, -0.15) is 0 Å². The maximum atomic E-state index is 12.7. The predicted octanol–water partition coefficient (Wildman–Crippen LogP) is 2.28. The van der Waals surface area contributed by atoms with Crippen LogP contribution < -0.4 is 24.6 Å². The lowest BCUT2D eigenvalue weighted by atomic mass is 10.1. The first-order valence-corrected chi connectivity index (χ1v) is 8.16. The first kappa shape index (κ1) is 16.0. The maximum absolute atomic E-state index is 12.7. The molecule has 4 rings (SSSR count). The van der Waals surface area contributed by atoms with E-state index >= 15 is 0 Å². The van der Waals surface area contributed by atoms with Gasteiger partial charge in [-0.15, -0.1) is 0 Å². The number of rotatable bonds is 4. The van der Waals surface area contributed by atoms with Crippen LogP contribution in [-0.2, 0) is 9.59 Å². The van der Waals surface area contributed by atoms with E-state index in [1.807, 2.05) is 13.0 Å². The van der Waals surface area contributed by atoms with Crippen molar-refractivity contribution < 1.29 is 23.8 Å². The number of benzene rings is 2. The lowest BCUT2D eigenvalue weighted by Gasteiger charge is -2.14. The number of nitrogens with one attached hydrogen (secondary N) is 1. The SMILES string of the molecule is CCOc1cc2c(cc1/C=C1\C(=O)NN(c3ccccc3)C1=O)OCO2. The van der Waals surface area contributed by atoms with Gasteiger partial charge in [0.15, 0.2) is 11.5 Å². The van der Waals surface area contributed by atoms with Gasteiger partial charge in [0, 0.05) is 11.6 Å². The summed E-state index contributed by atoms with van der Waals surface area (Å²) in [4.78, 5) is 25.0. The average Bonchev–Trinajstić information content (AvgIpc) is 3.22. The summed E-state index contributed by atoms with van der Waals surface area (Å²) >= 11 is 0. The zero-order chi connectivity index (χ0) is 18.1. The van der Waals surface area contributed by atoms with Gasteiger partial charge in [0.2, 0.25) is 6.79 Å². The summed E-state index contributed by atoms with van der Waals surface area (Å²) in [6.07, 6.45) is 1.51. The minimum atomic E-state index is -0.473. The smallest absolute Gasteiger partial charge is 0.282 e. The Morgan fingerprint density at radius 2 is 1.88 bits per heavy atom. The normalized spacial score (nSPS) is 17.0. The van der Waals surface area contributed by atoms with Crippen molar-refractivity contribution in [2.24, 2.45) is 0 Å². The van der Waals surface area contributed by atoms with Gasteiger partial charge in [0.05, 0.1) is 12.3 Å². The van der Waals surface area contributed by atoms with Crippen molar-refractivity contribution in [3.05, 3.63) is 53.6 Å². The highest BCUT2D eigenvalue weighted by atomic mass is 16.7. The summed E-state index contributed by atoms with van der Waals surface area (Å²) in [5, 5.41) is 1.22. The number of carbonyl (C=O) groups is 2. The fourth-order valence-corrected chi connectivity index (χ4v) is 2.80. The summed E-state index contributed by atoms with van der Waals surface area (Å²) in [5.41, 5.74) is 3.76. The minimum absolute atomic E-state index is 0.0219. The molecule has 1 N–H and O–H groups in total. The number of carbonyl (C=O) groups excluding carboxylic acids is 2. The molecule has 0 radical (unpaired) electrons. The molecule has 2 aromatic carbocycles. The Hall–Kier alpha value is -3.48. The number of hydrazine groups is 1. The van der Waals surface area contributed by atoms with Crippen LogP contribution in [0.25, 0.3) is 6.08 Å². The summed E-state index contributed by atoms with van der Waals surface area (Å²) in [5.74, 6) is 0.734. The molecule has 2 aliphatic heterocycles. The second kappa shape index (κ2) is 6.44. The van der Waals surface area contributed by atoms with Crippen molar-refractivity contribution in [2.75, 3.05) is 18.4 Å². The predicted molar refractivity (Wildman–Crippen MR) is 93.8 cm³/mol. The van der Waals surface area contributed by atoms with Crippen LogP contribution in [0.3, 0.4) is 0 Å². The Balaban J connectivity index is 1.72. The highest BCUT2D eigenvalue weighted by molar-refractivity contribution is 6.31. The van der Waals surface area contributed by atoms with E-state index in [0.717, 1.165) is 0 Å². The van der Waals surface area contributed by atoms with Crippen molar-refractivity contribution in [2.45, 2.75) is 6.92 Å². The van der Waals surface area contributed by atoms with E-state index in [4.69, 9.17) is 14.2 Å². The van der Waals surface area contributed by atoms with Crippen LogP contribution in [0.4, 0.5) is 5.69 Å². The third-order valence-electron chi connectivity index (χ3n) is 4.01. The Morgan fingerprint density at radius 1 is 1.15 bits per heavy atom. The highest BCUT2D eigenvalue weighted by Gasteiger charge is 2.34. The summed E-state index contributed by atoms with van der Waals surface area (Å²) in [6.45, 7) is 2.42. The molecule has 2 aliphatic rings. The van der Waals surface area contributed by atoms with Gasteiger partial charge in [-0.3, -0.25) is 15.0 Å². The molecule has 132 valence electrons. The number of para-hydroxylation sites is 1. The molecule has 0 aromatic heterocycles. The number of amides is 2. The lowest BCUT2D eigenvalue weighted by molar-refractivity contribution is -0.117. The molecule has 26 heavy (non-hydrogen) atoms. The largest absolute Gasteiger partial charge is 0.493 e. The van der Waals surface area contributed by atoms with Gasteiger partial charge in [-0.1, -0.05) is 18.2 Å². The van der Waals surface area contributed by atoms with Gasteiger partial charge in [-0.05, 0) is 31.2 Å². The van der Waals surface area contributed by atoms with E-state index in [-0.39, 0.29) is 12.4 Å². The second-order valence-corrected chi connectivity index (χ2v) is 5.65. The number of fused-ring (bicyclic) bond motifs is 1. The van der Waals surface area contributed by atoms with Crippen molar-refractivity contribution >= 4 is 23.6 Å². The van der Waals surface area contributed by atoms with E-state index in [0.29, 0.717) is 35.1 Å². The highest BCUT2D eigenvalue weighted by Crippen LogP contribution is 2.39. The van der Waals surface area contributed by atoms with Crippen molar-refractivity contribution in [1.29, 1.82) is 0 Å². The Bertz CT molecular complexity index is 908. The van der Waals surface area contributed by atoms with Crippen LogP contribution in [0.5, 0.6) is 17.2 Å². The molecule has 7 nitrogen and oxygen atoms in total. The Morgan fingerprint density at radius 3 is 2.62 bits per heavy atom. The van der Waals surface area contributed by atoms with Crippen LogP contribution >= 0.6 is 0 Å². The number of hydrogen-bond acceptors (Lipinski definition) is 5. The van der Waals surface area contributed by atoms with Gasteiger partial charge < -0.3 is 14.2 Å². The molecule has 2 aromatic rings. The fourth-order valence-electron chi connectivity index (χ4n) is 2.80. The van der Waals surface area contributed by atoms with E-state index < -0.39 is 11.8 Å². The van der Waals surface area contributed by atoms with Crippen LogP contribution in [-0.4, -0.2) is 25.2 Å².